The molecule has 0 spiro atoms. The van der Waals surface area contributed by atoms with Crippen molar-refractivity contribution in [2.24, 2.45) is 0 Å². The molecule has 0 atom stereocenters. The van der Waals surface area contributed by atoms with Crippen LogP contribution in [0.4, 0.5) is 0 Å². The molecule has 0 saturated heterocycles. The van der Waals surface area contributed by atoms with Crippen molar-refractivity contribution in [3.63, 3.8) is 0 Å². The number of carbonyl (C=O) groups excluding carboxylic acids is 1. The third-order valence-electron chi connectivity index (χ3n) is 2.56. The van der Waals surface area contributed by atoms with Gasteiger partial charge in [0, 0.05) is 23.4 Å². The SMILES string of the molecule is COC(=O)C(C)=Cc1ccc2cnccc2c1. The van der Waals surface area contributed by atoms with E-state index in [2.05, 4.69) is 9.72 Å². The first-order valence-electron chi connectivity index (χ1n) is 5.31. The van der Waals surface area contributed by atoms with Gasteiger partial charge in [-0.15, -0.1) is 0 Å². The fourth-order valence-corrected chi connectivity index (χ4v) is 1.66. The molecular weight excluding hydrogens is 214 g/mol. The summed E-state index contributed by atoms with van der Waals surface area (Å²) in [7, 11) is 1.38. The molecule has 0 bridgehead atoms. The maximum atomic E-state index is 11.3. The molecule has 0 saturated carbocycles. The van der Waals surface area contributed by atoms with Gasteiger partial charge in [-0.1, -0.05) is 12.1 Å². The molecule has 2 rings (SSSR count). The van der Waals surface area contributed by atoms with Crippen LogP contribution in [0.25, 0.3) is 16.8 Å². The molecule has 0 aliphatic heterocycles. The van der Waals surface area contributed by atoms with Gasteiger partial charge >= 0.3 is 5.97 Å². The van der Waals surface area contributed by atoms with Crippen LogP contribution in [0.2, 0.25) is 0 Å². The van der Waals surface area contributed by atoms with Crippen molar-refractivity contribution >= 4 is 22.8 Å². The van der Waals surface area contributed by atoms with Gasteiger partial charge in [-0.2, -0.15) is 0 Å². The summed E-state index contributed by atoms with van der Waals surface area (Å²) in [5.74, 6) is -0.306. The number of methoxy groups -OCH3 is 1. The fraction of sp³-hybridized carbons (Fsp3) is 0.143. The van der Waals surface area contributed by atoms with Crippen molar-refractivity contribution < 1.29 is 9.53 Å². The molecule has 17 heavy (non-hydrogen) atoms. The van der Waals surface area contributed by atoms with Crippen molar-refractivity contribution in [3.05, 3.63) is 47.8 Å². The molecule has 0 amide bonds. The highest BCUT2D eigenvalue weighted by Crippen LogP contribution is 2.16. The number of pyridine rings is 1. The van der Waals surface area contributed by atoms with E-state index in [9.17, 15) is 4.79 Å². The lowest BCUT2D eigenvalue weighted by Crippen LogP contribution is -2.00. The largest absolute Gasteiger partial charge is 0.466 e. The van der Waals surface area contributed by atoms with Crippen LogP contribution >= 0.6 is 0 Å². The summed E-state index contributed by atoms with van der Waals surface area (Å²) >= 11 is 0. The number of ether oxygens (including phenoxy) is 1. The number of aromatic nitrogens is 1. The van der Waals surface area contributed by atoms with E-state index in [0.717, 1.165) is 16.3 Å². The van der Waals surface area contributed by atoms with Crippen molar-refractivity contribution in [2.45, 2.75) is 6.92 Å². The predicted octanol–water partition coefficient (Wildman–Crippen LogP) is 2.81. The summed E-state index contributed by atoms with van der Waals surface area (Å²) in [4.78, 5) is 15.3. The predicted molar refractivity (Wildman–Crippen MR) is 67.4 cm³/mol. The van der Waals surface area contributed by atoms with Gasteiger partial charge in [0.1, 0.15) is 0 Å². The first kappa shape index (κ1) is 11.3. The van der Waals surface area contributed by atoms with Gasteiger partial charge in [0.05, 0.1) is 7.11 Å². The minimum absolute atomic E-state index is 0.306. The van der Waals surface area contributed by atoms with Crippen LogP contribution in [0.15, 0.2) is 42.2 Å². The molecule has 3 nitrogen and oxygen atoms in total. The summed E-state index contributed by atoms with van der Waals surface area (Å²) < 4.78 is 4.65. The van der Waals surface area contributed by atoms with Gasteiger partial charge in [-0.25, -0.2) is 4.79 Å². The molecule has 2 aromatic rings. The average Bonchev–Trinajstić information content (AvgIpc) is 2.37. The van der Waals surface area contributed by atoms with Gasteiger partial charge in [0.15, 0.2) is 0 Å². The molecule has 0 aliphatic rings. The lowest BCUT2D eigenvalue weighted by atomic mass is 10.1. The summed E-state index contributed by atoms with van der Waals surface area (Å²) in [5.41, 5.74) is 1.56. The van der Waals surface area contributed by atoms with Crippen LogP contribution < -0.4 is 0 Å². The number of esters is 1. The van der Waals surface area contributed by atoms with Crippen LogP contribution in [0.5, 0.6) is 0 Å². The van der Waals surface area contributed by atoms with Crippen LogP contribution in [0, 0.1) is 0 Å². The number of hydrogen-bond donors (Lipinski definition) is 0. The number of nitrogens with zero attached hydrogens (tertiary/aromatic N) is 1. The molecule has 0 aliphatic carbocycles. The Morgan fingerprint density at radius 3 is 2.88 bits per heavy atom. The Labute approximate surface area is 99.7 Å². The molecule has 1 heterocycles. The minimum atomic E-state index is -0.306. The molecule has 0 N–H and O–H groups in total. The lowest BCUT2D eigenvalue weighted by molar-refractivity contribution is -0.135. The number of rotatable bonds is 2. The Morgan fingerprint density at radius 1 is 1.29 bits per heavy atom. The maximum absolute atomic E-state index is 11.3. The second kappa shape index (κ2) is 4.78. The summed E-state index contributed by atoms with van der Waals surface area (Å²) in [5, 5.41) is 2.19. The number of carbonyl (C=O) groups is 1. The molecule has 1 aromatic heterocycles. The highest BCUT2D eigenvalue weighted by Gasteiger charge is 2.03. The summed E-state index contributed by atoms with van der Waals surface area (Å²) in [6, 6.07) is 7.90. The zero-order chi connectivity index (χ0) is 12.3. The standard InChI is InChI=1S/C14H13NO2/c1-10(14(16)17-2)7-11-3-4-13-9-15-6-5-12(13)8-11/h3-9H,1-2H3. The highest BCUT2D eigenvalue weighted by molar-refractivity contribution is 5.94. The molecule has 0 fully saturated rings. The van der Waals surface area contributed by atoms with Crippen LogP contribution in [-0.4, -0.2) is 18.1 Å². The van der Waals surface area contributed by atoms with Crippen molar-refractivity contribution in [1.29, 1.82) is 0 Å². The normalized spacial score (nSPS) is 11.5. The zero-order valence-corrected chi connectivity index (χ0v) is 9.81. The number of fused-ring (bicyclic) bond motifs is 1. The Kier molecular flexibility index (Phi) is 3.19. The highest BCUT2D eigenvalue weighted by atomic mass is 16.5. The van der Waals surface area contributed by atoms with Gasteiger partial charge in [-0.05, 0) is 36.1 Å². The van der Waals surface area contributed by atoms with Gasteiger partial charge < -0.3 is 4.74 Å². The van der Waals surface area contributed by atoms with Gasteiger partial charge in [0.2, 0.25) is 0 Å². The van der Waals surface area contributed by atoms with E-state index < -0.39 is 0 Å². The van der Waals surface area contributed by atoms with E-state index in [1.165, 1.54) is 7.11 Å². The van der Waals surface area contributed by atoms with E-state index in [0.29, 0.717) is 5.57 Å². The summed E-state index contributed by atoms with van der Waals surface area (Å²) in [6.45, 7) is 1.74. The second-order valence-electron chi connectivity index (χ2n) is 3.80. The van der Waals surface area contributed by atoms with Gasteiger partial charge in [0.25, 0.3) is 0 Å². The summed E-state index contributed by atoms with van der Waals surface area (Å²) in [6.07, 6.45) is 5.38. The Morgan fingerprint density at radius 2 is 2.12 bits per heavy atom. The number of benzene rings is 1. The molecule has 1 aromatic carbocycles. The van der Waals surface area contributed by atoms with Crippen LogP contribution in [0.1, 0.15) is 12.5 Å². The molecular formula is C14H13NO2. The number of hydrogen-bond acceptors (Lipinski definition) is 3. The monoisotopic (exact) mass is 227 g/mol. The second-order valence-corrected chi connectivity index (χ2v) is 3.80. The van der Waals surface area contributed by atoms with E-state index in [1.807, 2.05) is 36.5 Å². The first-order chi connectivity index (χ1) is 8.20. The Bertz CT molecular complexity index is 588. The quantitative estimate of drug-likeness (QED) is 0.585. The van der Waals surface area contributed by atoms with Gasteiger partial charge in [-0.3, -0.25) is 4.98 Å². The topological polar surface area (TPSA) is 39.2 Å². The lowest BCUT2D eigenvalue weighted by Gasteiger charge is -2.01. The van der Waals surface area contributed by atoms with E-state index >= 15 is 0 Å². The van der Waals surface area contributed by atoms with Crippen LogP contribution in [-0.2, 0) is 9.53 Å². The van der Waals surface area contributed by atoms with Crippen molar-refractivity contribution in [2.75, 3.05) is 7.11 Å². The van der Waals surface area contributed by atoms with E-state index in [1.54, 1.807) is 13.1 Å². The first-order valence-corrected chi connectivity index (χ1v) is 5.31. The zero-order valence-electron chi connectivity index (χ0n) is 9.81. The minimum Gasteiger partial charge on any atom is -0.466 e. The molecule has 3 heteroatoms. The average molecular weight is 227 g/mol. The van der Waals surface area contributed by atoms with E-state index in [-0.39, 0.29) is 5.97 Å². The fourth-order valence-electron chi connectivity index (χ4n) is 1.66. The Hall–Kier alpha value is -2.16. The van der Waals surface area contributed by atoms with Crippen molar-refractivity contribution in [3.8, 4) is 0 Å². The maximum Gasteiger partial charge on any atom is 0.333 e. The Balaban J connectivity index is 2.40. The third kappa shape index (κ3) is 2.50. The molecule has 86 valence electrons. The van der Waals surface area contributed by atoms with E-state index in [4.69, 9.17) is 0 Å². The molecule has 0 unspecified atom stereocenters. The van der Waals surface area contributed by atoms with Crippen LogP contribution in [0.3, 0.4) is 0 Å². The smallest absolute Gasteiger partial charge is 0.333 e. The third-order valence-corrected chi connectivity index (χ3v) is 2.56. The van der Waals surface area contributed by atoms with Crippen molar-refractivity contribution in [1.82, 2.24) is 4.98 Å². The molecule has 0 radical (unpaired) electrons.